The molecule has 0 heterocycles. The first-order valence-corrected chi connectivity index (χ1v) is 7.08. The molecule has 3 nitrogen and oxygen atoms in total. The lowest BCUT2D eigenvalue weighted by atomic mass is 10.0. The van der Waals surface area contributed by atoms with Gasteiger partial charge in [0.05, 0.1) is 6.61 Å². The van der Waals surface area contributed by atoms with Crippen LogP contribution in [-0.2, 0) is 4.74 Å². The summed E-state index contributed by atoms with van der Waals surface area (Å²) in [5.74, 6) is 0.871. The van der Waals surface area contributed by atoms with E-state index < -0.39 is 0 Å². The largest absolute Gasteiger partial charge is 0.383 e. The molecule has 100 valence electrons. The predicted octanol–water partition coefficient (Wildman–Crippen LogP) is 2.45. The highest BCUT2D eigenvalue weighted by Gasteiger charge is 2.17. The van der Waals surface area contributed by atoms with Gasteiger partial charge >= 0.3 is 0 Å². The van der Waals surface area contributed by atoms with Gasteiger partial charge in [-0.15, -0.1) is 0 Å². The second kappa shape index (κ2) is 7.88. The van der Waals surface area contributed by atoms with Crippen LogP contribution in [0, 0.1) is 5.92 Å². The van der Waals surface area contributed by atoms with Gasteiger partial charge in [-0.05, 0) is 44.3 Å². The molecule has 3 atom stereocenters. The summed E-state index contributed by atoms with van der Waals surface area (Å²) in [5.41, 5.74) is 0. The Labute approximate surface area is 111 Å². The van der Waals surface area contributed by atoms with E-state index in [2.05, 4.69) is 24.5 Å². The molecule has 1 saturated carbocycles. The fourth-order valence-corrected chi connectivity index (χ4v) is 2.74. The Morgan fingerprint density at radius 1 is 1.35 bits per heavy atom. The summed E-state index contributed by atoms with van der Waals surface area (Å²) in [6, 6.07) is 0.819. The summed E-state index contributed by atoms with van der Waals surface area (Å²) in [6.07, 6.45) is 6.47. The van der Waals surface area contributed by atoms with Crippen LogP contribution >= 0.6 is 12.2 Å². The van der Waals surface area contributed by atoms with Gasteiger partial charge in [-0.1, -0.05) is 19.8 Å². The summed E-state index contributed by atoms with van der Waals surface area (Å²) >= 11 is 5.32. The van der Waals surface area contributed by atoms with Gasteiger partial charge in [-0.3, -0.25) is 0 Å². The van der Waals surface area contributed by atoms with Crippen LogP contribution in [0.25, 0.3) is 0 Å². The Morgan fingerprint density at radius 2 is 2.12 bits per heavy atom. The molecule has 1 aliphatic carbocycles. The zero-order chi connectivity index (χ0) is 12.7. The van der Waals surface area contributed by atoms with E-state index >= 15 is 0 Å². The van der Waals surface area contributed by atoms with Gasteiger partial charge in [0, 0.05) is 19.2 Å². The maximum absolute atomic E-state index is 5.32. The monoisotopic (exact) mass is 258 g/mol. The lowest BCUT2D eigenvalue weighted by Gasteiger charge is -2.21. The molecule has 1 aliphatic rings. The molecule has 1 fully saturated rings. The van der Waals surface area contributed by atoms with E-state index in [9.17, 15) is 0 Å². The summed E-state index contributed by atoms with van der Waals surface area (Å²) in [4.78, 5) is 0. The van der Waals surface area contributed by atoms with Crippen LogP contribution in [0.5, 0.6) is 0 Å². The Kier molecular flexibility index (Phi) is 6.82. The molecule has 0 aliphatic heterocycles. The number of ether oxygens (including phenoxy) is 1. The Balaban J connectivity index is 2.25. The van der Waals surface area contributed by atoms with Crippen LogP contribution in [0.1, 0.15) is 46.0 Å². The van der Waals surface area contributed by atoms with Gasteiger partial charge in [-0.25, -0.2) is 0 Å². The van der Waals surface area contributed by atoms with E-state index in [1.807, 2.05) is 0 Å². The van der Waals surface area contributed by atoms with E-state index in [0.29, 0.717) is 12.6 Å². The standard InChI is InChI=1S/C13H26N2OS/c1-10-5-4-6-12(8-7-10)15-13(17)14-11(2)9-16-3/h10-12H,4-9H2,1-3H3,(H2,14,15,17). The van der Waals surface area contributed by atoms with Crippen molar-refractivity contribution in [3.05, 3.63) is 0 Å². The Morgan fingerprint density at radius 3 is 2.82 bits per heavy atom. The molecule has 0 radical (unpaired) electrons. The van der Waals surface area contributed by atoms with E-state index in [-0.39, 0.29) is 6.04 Å². The number of rotatable bonds is 4. The number of methoxy groups -OCH3 is 1. The highest BCUT2D eigenvalue weighted by atomic mass is 32.1. The van der Waals surface area contributed by atoms with Crippen LogP contribution in [0.4, 0.5) is 0 Å². The molecule has 0 bridgehead atoms. The molecule has 0 aromatic heterocycles. The van der Waals surface area contributed by atoms with Crippen molar-refractivity contribution in [2.75, 3.05) is 13.7 Å². The molecule has 0 amide bonds. The highest BCUT2D eigenvalue weighted by Crippen LogP contribution is 2.22. The van der Waals surface area contributed by atoms with Crippen molar-refractivity contribution in [2.45, 2.75) is 58.0 Å². The minimum Gasteiger partial charge on any atom is -0.383 e. The second-order valence-electron chi connectivity index (χ2n) is 5.28. The summed E-state index contributed by atoms with van der Waals surface area (Å²) < 4.78 is 5.08. The lowest BCUT2D eigenvalue weighted by Crippen LogP contribution is -2.46. The molecule has 1 rings (SSSR count). The van der Waals surface area contributed by atoms with Crippen molar-refractivity contribution in [3.63, 3.8) is 0 Å². The van der Waals surface area contributed by atoms with Crippen LogP contribution in [0.3, 0.4) is 0 Å². The second-order valence-corrected chi connectivity index (χ2v) is 5.69. The third-order valence-electron chi connectivity index (χ3n) is 3.39. The molecule has 0 saturated heterocycles. The predicted molar refractivity (Wildman–Crippen MR) is 76.2 cm³/mol. The number of thiocarbonyl (C=S) groups is 1. The molecule has 0 spiro atoms. The van der Waals surface area contributed by atoms with Gasteiger partial charge in [0.15, 0.2) is 5.11 Å². The van der Waals surface area contributed by atoms with Crippen molar-refractivity contribution in [3.8, 4) is 0 Å². The van der Waals surface area contributed by atoms with Crippen LogP contribution in [0.2, 0.25) is 0 Å². The molecule has 0 aromatic rings. The van der Waals surface area contributed by atoms with Crippen molar-refractivity contribution in [1.29, 1.82) is 0 Å². The summed E-state index contributed by atoms with van der Waals surface area (Å²) in [5, 5.41) is 7.46. The highest BCUT2D eigenvalue weighted by molar-refractivity contribution is 7.80. The van der Waals surface area contributed by atoms with Crippen molar-refractivity contribution >= 4 is 17.3 Å². The normalized spacial score (nSPS) is 27.0. The van der Waals surface area contributed by atoms with Crippen molar-refractivity contribution < 1.29 is 4.74 Å². The van der Waals surface area contributed by atoms with Crippen molar-refractivity contribution in [1.82, 2.24) is 10.6 Å². The third-order valence-corrected chi connectivity index (χ3v) is 3.62. The molecule has 3 unspecified atom stereocenters. The Hall–Kier alpha value is -0.350. The minimum atomic E-state index is 0.268. The maximum Gasteiger partial charge on any atom is 0.166 e. The number of hydrogen-bond acceptors (Lipinski definition) is 2. The number of hydrogen-bond donors (Lipinski definition) is 2. The average Bonchev–Trinajstić information content (AvgIpc) is 2.44. The third kappa shape index (κ3) is 6.22. The first-order chi connectivity index (χ1) is 8.11. The summed E-state index contributed by atoms with van der Waals surface area (Å²) in [6.45, 7) is 5.11. The van der Waals surface area contributed by atoms with Crippen LogP contribution in [0.15, 0.2) is 0 Å². The average molecular weight is 258 g/mol. The van der Waals surface area contributed by atoms with Gasteiger partial charge in [0.1, 0.15) is 0 Å². The molecular weight excluding hydrogens is 232 g/mol. The van der Waals surface area contributed by atoms with Crippen molar-refractivity contribution in [2.24, 2.45) is 5.92 Å². The lowest BCUT2D eigenvalue weighted by molar-refractivity contribution is 0.179. The number of nitrogens with one attached hydrogen (secondary N) is 2. The van der Waals surface area contributed by atoms with Gasteiger partial charge < -0.3 is 15.4 Å². The first kappa shape index (κ1) is 14.7. The Bertz CT molecular complexity index is 235. The summed E-state index contributed by atoms with van der Waals surface area (Å²) in [7, 11) is 1.71. The smallest absolute Gasteiger partial charge is 0.166 e. The topological polar surface area (TPSA) is 33.3 Å². The van der Waals surface area contributed by atoms with E-state index in [1.165, 1.54) is 32.1 Å². The zero-order valence-corrected chi connectivity index (χ0v) is 12.1. The quantitative estimate of drug-likeness (QED) is 0.599. The fourth-order valence-electron chi connectivity index (χ4n) is 2.37. The molecule has 17 heavy (non-hydrogen) atoms. The molecular formula is C13H26N2OS. The van der Waals surface area contributed by atoms with E-state index in [4.69, 9.17) is 17.0 Å². The molecule has 2 N–H and O–H groups in total. The fraction of sp³-hybridized carbons (Fsp3) is 0.923. The van der Waals surface area contributed by atoms with Gasteiger partial charge in [0.2, 0.25) is 0 Å². The van der Waals surface area contributed by atoms with Gasteiger partial charge in [-0.2, -0.15) is 0 Å². The van der Waals surface area contributed by atoms with Crippen LogP contribution in [-0.4, -0.2) is 30.9 Å². The molecule has 4 heteroatoms. The van der Waals surface area contributed by atoms with Crippen LogP contribution < -0.4 is 10.6 Å². The van der Waals surface area contributed by atoms with E-state index in [1.54, 1.807) is 7.11 Å². The minimum absolute atomic E-state index is 0.268. The zero-order valence-electron chi connectivity index (χ0n) is 11.3. The first-order valence-electron chi connectivity index (χ1n) is 6.67. The molecule has 0 aromatic carbocycles. The van der Waals surface area contributed by atoms with Gasteiger partial charge in [0.25, 0.3) is 0 Å². The maximum atomic E-state index is 5.32. The van der Waals surface area contributed by atoms with E-state index in [0.717, 1.165) is 11.0 Å². The SMILES string of the molecule is COCC(C)NC(=S)NC1CCCC(C)CC1.